The Morgan fingerprint density at radius 1 is 1.27 bits per heavy atom. The zero-order valence-corrected chi connectivity index (χ0v) is 12.7. The van der Waals surface area contributed by atoms with E-state index in [4.69, 9.17) is 0 Å². The van der Waals surface area contributed by atoms with Crippen molar-refractivity contribution < 1.29 is 14.7 Å². The topological polar surface area (TPSA) is 60.9 Å². The minimum absolute atomic E-state index is 0.00741. The Kier molecular flexibility index (Phi) is 3.01. The van der Waals surface area contributed by atoms with Crippen LogP contribution in [0.4, 0.5) is 0 Å². The fourth-order valence-electron chi connectivity index (χ4n) is 3.57. The van der Waals surface area contributed by atoms with Gasteiger partial charge in [0, 0.05) is 37.8 Å². The summed E-state index contributed by atoms with van der Waals surface area (Å²) in [7, 11) is 1.80. The van der Waals surface area contributed by atoms with E-state index in [1.54, 1.807) is 22.9 Å². The maximum atomic E-state index is 12.7. The number of nitrogens with zero attached hydrogens (tertiary/aromatic N) is 2. The van der Waals surface area contributed by atoms with Crippen LogP contribution in [-0.2, 0) is 6.54 Å². The Morgan fingerprint density at radius 2 is 2.05 bits per heavy atom. The van der Waals surface area contributed by atoms with Gasteiger partial charge >= 0.3 is 0 Å². The van der Waals surface area contributed by atoms with Gasteiger partial charge in [-0.2, -0.15) is 0 Å². The summed E-state index contributed by atoms with van der Waals surface area (Å²) in [6.45, 7) is 1.63. The van der Waals surface area contributed by atoms with E-state index in [1.165, 1.54) is 5.56 Å². The molecule has 1 aromatic carbocycles. The number of likely N-dealkylation sites (tertiary alicyclic amines) is 1. The summed E-state index contributed by atoms with van der Waals surface area (Å²) >= 11 is 0. The molecular weight excluding hydrogens is 280 g/mol. The van der Waals surface area contributed by atoms with Crippen LogP contribution in [0, 0.1) is 0 Å². The SMILES string of the molecule is CN1Cc2c(cc(C(=O)N3CCC(O)C3)cc2C2CC2)C1=O. The molecule has 2 aliphatic heterocycles. The van der Waals surface area contributed by atoms with Crippen LogP contribution >= 0.6 is 0 Å². The maximum absolute atomic E-state index is 12.7. The van der Waals surface area contributed by atoms with Crippen LogP contribution in [0.2, 0.25) is 0 Å². The van der Waals surface area contributed by atoms with Gasteiger partial charge in [-0.05, 0) is 48.4 Å². The fourth-order valence-corrected chi connectivity index (χ4v) is 3.57. The monoisotopic (exact) mass is 300 g/mol. The van der Waals surface area contributed by atoms with Crippen molar-refractivity contribution in [2.45, 2.75) is 37.8 Å². The molecule has 2 heterocycles. The molecule has 2 fully saturated rings. The van der Waals surface area contributed by atoms with Crippen molar-refractivity contribution in [1.29, 1.82) is 0 Å². The Labute approximate surface area is 129 Å². The van der Waals surface area contributed by atoms with Crippen LogP contribution in [0.1, 0.15) is 57.0 Å². The van der Waals surface area contributed by atoms with Crippen molar-refractivity contribution in [3.63, 3.8) is 0 Å². The second kappa shape index (κ2) is 4.81. The van der Waals surface area contributed by atoms with Gasteiger partial charge in [0.1, 0.15) is 0 Å². The summed E-state index contributed by atoms with van der Waals surface area (Å²) in [5, 5.41) is 9.63. The number of amides is 2. The molecule has 0 spiro atoms. The van der Waals surface area contributed by atoms with Gasteiger partial charge < -0.3 is 14.9 Å². The van der Waals surface area contributed by atoms with E-state index in [-0.39, 0.29) is 11.8 Å². The first-order valence-electron chi connectivity index (χ1n) is 7.94. The van der Waals surface area contributed by atoms with Gasteiger partial charge in [-0.1, -0.05) is 0 Å². The number of aliphatic hydroxyl groups excluding tert-OH is 1. The minimum atomic E-state index is -0.422. The summed E-state index contributed by atoms with van der Waals surface area (Å²) in [4.78, 5) is 28.4. The number of carbonyl (C=O) groups is 2. The zero-order valence-electron chi connectivity index (χ0n) is 12.7. The van der Waals surface area contributed by atoms with Gasteiger partial charge in [-0.15, -0.1) is 0 Å². The number of hydrogen-bond donors (Lipinski definition) is 1. The number of rotatable bonds is 2. The van der Waals surface area contributed by atoms with Crippen LogP contribution in [-0.4, -0.2) is 53.0 Å². The molecule has 0 bridgehead atoms. The van der Waals surface area contributed by atoms with Gasteiger partial charge in [0.25, 0.3) is 11.8 Å². The summed E-state index contributed by atoms with van der Waals surface area (Å²) in [5.74, 6) is 0.446. The molecule has 5 heteroatoms. The van der Waals surface area contributed by atoms with Crippen LogP contribution in [0.25, 0.3) is 0 Å². The first-order valence-corrected chi connectivity index (χ1v) is 7.94. The molecule has 5 nitrogen and oxygen atoms in total. The van der Waals surface area contributed by atoms with Gasteiger partial charge in [-0.25, -0.2) is 0 Å². The van der Waals surface area contributed by atoms with Crippen molar-refractivity contribution in [3.8, 4) is 0 Å². The van der Waals surface area contributed by atoms with Gasteiger partial charge in [0.15, 0.2) is 0 Å². The second-order valence-corrected chi connectivity index (χ2v) is 6.72. The standard InChI is InChI=1S/C17H20N2O3/c1-18-9-15-13(10-2-3-10)6-11(7-14(15)17(18)22)16(21)19-5-4-12(20)8-19/h6-7,10,12,20H,2-5,8-9H2,1H3. The highest BCUT2D eigenvalue weighted by atomic mass is 16.3. The highest BCUT2D eigenvalue weighted by molar-refractivity contribution is 6.03. The quantitative estimate of drug-likeness (QED) is 0.897. The molecule has 1 N–H and O–H groups in total. The van der Waals surface area contributed by atoms with Crippen LogP contribution in [0.15, 0.2) is 12.1 Å². The van der Waals surface area contributed by atoms with Crippen LogP contribution in [0.5, 0.6) is 0 Å². The lowest BCUT2D eigenvalue weighted by molar-refractivity contribution is 0.0765. The third-order valence-electron chi connectivity index (χ3n) is 4.97. The molecule has 2 amide bonds. The van der Waals surface area contributed by atoms with Crippen molar-refractivity contribution in [1.82, 2.24) is 9.80 Å². The number of β-amino-alcohol motifs (C(OH)–C–C–N with tert-alkyl or cyclic N) is 1. The van der Waals surface area contributed by atoms with E-state index in [0.29, 0.717) is 43.1 Å². The largest absolute Gasteiger partial charge is 0.391 e. The lowest BCUT2D eigenvalue weighted by Gasteiger charge is -2.17. The Hall–Kier alpha value is -1.88. The summed E-state index contributed by atoms with van der Waals surface area (Å²) < 4.78 is 0. The number of aliphatic hydroxyl groups is 1. The van der Waals surface area contributed by atoms with Gasteiger partial charge in [-0.3, -0.25) is 9.59 Å². The molecule has 1 unspecified atom stereocenters. The average molecular weight is 300 g/mol. The van der Waals surface area contributed by atoms with E-state index in [0.717, 1.165) is 18.4 Å². The van der Waals surface area contributed by atoms with E-state index in [9.17, 15) is 14.7 Å². The first kappa shape index (κ1) is 13.8. The molecule has 4 rings (SSSR count). The lowest BCUT2D eigenvalue weighted by atomic mass is 9.96. The zero-order chi connectivity index (χ0) is 15.4. The number of carbonyl (C=O) groups excluding carboxylic acids is 2. The molecule has 116 valence electrons. The van der Waals surface area contributed by atoms with Gasteiger partial charge in [0.2, 0.25) is 0 Å². The smallest absolute Gasteiger partial charge is 0.254 e. The highest BCUT2D eigenvalue weighted by Gasteiger charge is 2.35. The lowest BCUT2D eigenvalue weighted by Crippen LogP contribution is -2.29. The molecule has 3 aliphatic rings. The molecule has 1 aromatic rings. The normalized spacial score (nSPS) is 24.1. The van der Waals surface area contributed by atoms with Gasteiger partial charge in [0.05, 0.1) is 6.10 Å². The van der Waals surface area contributed by atoms with Crippen molar-refractivity contribution in [3.05, 3.63) is 34.4 Å². The molecule has 1 atom stereocenters. The van der Waals surface area contributed by atoms with Crippen LogP contribution < -0.4 is 0 Å². The Bertz CT molecular complexity index is 666. The number of hydrogen-bond acceptors (Lipinski definition) is 3. The van der Waals surface area contributed by atoms with Crippen molar-refractivity contribution >= 4 is 11.8 Å². The fraction of sp³-hybridized carbons (Fsp3) is 0.529. The van der Waals surface area contributed by atoms with E-state index < -0.39 is 6.10 Å². The molecule has 1 saturated carbocycles. The summed E-state index contributed by atoms with van der Waals surface area (Å²) in [6.07, 6.45) is 2.50. The molecule has 0 radical (unpaired) electrons. The number of benzene rings is 1. The second-order valence-electron chi connectivity index (χ2n) is 6.72. The summed E-state index contributed by atoms with van der Waals surface area (Å²) in [6, 6.07) is 3.73. The average Bonchev–Trinajstić information content (AvgIpc) is 3.20. The van der Waals surface area contributed by atoms with Crippen LogP contribution in [0.3, 0.4) is 0 Å². The molecular formula is C17H20N2O3. The Morgan fingerprint density at radius 3 is 2.68 bits per heavy atom. The predicted octanol–water partition coefficient (Wildman–Crippen LogP) is 1.36. The predicted molar refractivity (Wildman–Crippen MR) is 80.7 cm³/mol. The maximum Gasteiger partial charge on any atom is 0.254 e. The van der Waals surface area contributed by atoms with Crippen molar-refractivity contribution in [2.24, 2.45) is 0 Å². The highest BCUT2D eigenvalue weighted by Crippen LogP contribution is 2.44. The van der Waals surface area contributed by atoms with Crippen molar-refractivity contribution in [2.75, 3.05) is 20.1 Å². The third kappa shape index (κ3) is 2.11. The van der Waals surface area contributed by atoms with E-state index >= 15 is 0 Å². The first-order chi connectivity index (χ1) is 10.5. The molecule has 22 heavy (non-hydrogen) atoms. The summed E-state index contributed by atoms with van der Waals surface area (Å²) in [5.41, 5.74) is 3.57. The number of fused-ring (bicyclic) bond motifs is 1. The molecule has 1 aliphatic carbocycles. The Balaban J connectivity index is 1.73. The van der Waals surface area contributed by atoms with E-state index in [2.05, 4.69) is 0 Å². The third-order valence-corrected chi connectivity index (χ3v) is 4.97. The molecule has 0 aromatic heterocycles. The minimum Gasteiger partial charge on any atom is -0.391 e. The molecule has 1 saturated heterocycles. The van der Waals surface area contributed by atoms with E-state index in [1.807, 2.05) is 6.07 Å².